The number of benzene rings is 4. The number of halogens is 2. The fourth-order valence-corrected chi connectivity index (χ4v) is 17.9. The number of carbonyl (C=O) groups excluding carboxylic acids is 1. The molecular weight excluding hydrogens is 1120 g/mol. The van der Waals surface area contributed by atoms with Gasteiger partial charge in [-0.2, -0.15) is 0 Å². The summed E-state index contributed by atoms with van der Waals surface area (Å²) in [6, 6.07) is 38.3. The van der Waals surface area contributed by atoms with Crippen molar-refractivity contribution in [2.75, 3.05) is 11.5 Å². The van der Waals surface area contributed by atoms with E-state index in [-0.39, 0.29) is 81.2 Å². The second-order valence-corrected chi connectivity index (χ2v) is 32.6. The summed E-state index contributed by atoms with van der Waals surface area (Å²) in [7, 11) is -8.59. The number of Topliss-reactive ketones (excluding diaryl/α,β-unsaturated/α-hetero) is 1. The summed E-state index contributed by atoms with van der Waals surface area (Å²) in [6.07, 6.45) is 3.48. The maximum atomic E-state index is 11.8. The number of carbonyl (C=O) groups is 1. The first-order valence-electron chi connectivity index (χ1n) is 23.8. The van der Waals surface area contributed by atoms with E-state index in [4.69, 9.17) is 0 Å². The zero-order chi connectivity index (χ0) is 50.9. The Hall–Kier alpha value is -2.21. The number of rotatable bonds is 8. The second-order valence-electron chi connectivity index (χ2n) is 23.7. The number of fused-ring (bicyclic) bond motifs is 4. The van der Waals surface area contributed by atoms with E-state index in [2.05, 4.69) is 165 Å². The van der Waals surface area contributed by atoms with Gasteiger partial charge in [0.25, 0.3) is 0 Å². The average molecular weight is 1200 g/mol. The number of ketones is 1. The number of aliphatic hydroxyl groups excluding tert-OH is 1. The van der Waals surface area contributed by atoms with Gasteiger partial charge in [-0.05, 0) is 136 Å². The predicted molar refractivity (Wildman–Crippen MR) is 264 cm³/mol. The van der Waals surface area contributed by atoms with Crippen LogP contribution >= 0.6 is 0 Å². The van der Waals surface area contributed by atoms with Gasteiger partial charge in [-0.3, -0.25) is 4.79 Å². The summed E-state index contributed by atoms with van der Waals surface area (Å²) in [5.41, 5.74) is 2.83. The van der Waals surface area contributed by atoms with Crippen LogP contribution in [-0.4, -0.2) is 54.4 Å². The summed E-state index contributed by atoms with van der Waals surface area (Å²) >= 11 is -0.0911. The lowest BCUT2D eigenvalue weighted by Crippen LogP contribution is -3.61. The summed E-state index contributed by atoms with van der Waals surface area (Å²) in [5.74, 6) is -0.336. The minimum Gasteiger partial charge on any atom is -0.748 e. The topological polar surface area (TPSA) is 152 Å². The van der Waals surface area contributed by atoms with Gasteiger partial charge in [0.15, 0.2) is 14.3 Å². The van der Waals surface area contributed by atoms with E-state index in [0.717, 1.165) is 12.8 Å². The number of hydrogen-bond acceptors (Lipinski definition) is 8. The van der Waals surface area contributed by atoms with Gasteiger partial charge < -0.3 is 14.2 Å². The molecule has 68 heavy (non-hydrogen) atoms. The number of hydrogen-bond donors (Lipinski definition) is 1. The van der Waals surface area contributed by atoms with Crippen LogP contribution in [-0.2, 0) is 41.3 Å². The summed E-state index contributed by atoms with van der Waals surface area (Å²) in [6.45, 7) is 28.2. The molecule has 5 atom stereocenters. The fraction of sp³-hybridized carbons (Fsp3) is 0.554. The van der Waals surface area contributed by atoms with Crippen LogP contribution in [0, 0.1) is 47.8 Å². The SMILES string of the molecule is CC(C)(C)c1ccc([I+]c2ccc(C(C)(C)C)cc2)cc1.CC(C)(C)c1ccc([I+]c2ccccc2)cc1.CC1(C)C2CCC1(CS(=O)(=O)[O-])C(=O)C2.CC1(C)C2CCC1(CS(=O)(=O)[O-])C(O)C2. The molecule has 8 nitrogen and oxygen atoms in total. The molecule has 4 aliphatic rings. The van der Waals surface area contributed by atoms with Crippen LogP contribution in [0.4, 0.5) is 0 Å². The molecule has 4 aliphatic carbocycles. The van der Waals surface area contributed by atoms with Crippen molar-refractivity contribution in [1.82, 2.24) is 0 Å². The van der Waals surface area contributed by atoms with E-state index in [1.165, 1.54) is 31.0 Å². The highest BCUT2D eigenvalue weighted by Gasteiger charge is 2.65. The van der Waals surface area contributed by atoms with Crippen LogP contribution in [0.15, 0.2) is 103 Å². The van der Waals surface area contributed by atoms with E-state index in [9.17, 15) is 35.8 Å². The molecule has 0 amide bonds. The number of aliphatic hydroxyl groups is 1. The van der Waals surface area contributed by atoms with Crippen LogP contribution in [0.1, 0.15) is 145 Å². The Balaban J connectivity index is 0.000000171. The van der Waals surface area contributed by atoms with Crippen molar-refractivity contribution in [1.29, 1.82) is 0 Å². The average Bonchev–Trinajstić information content (AvgIpc) is 3.74. The predicted octanol–water partition coefficient (Wildman–Crippen LogP) is 5.17. The third-order valence-corrected chi connectivity index (χ3v) is 22.8. The fourth-order valence-electron chi connectivity index (χ4n) is 10.9. The first-order valence-corrected chi connectivity index (χ1v) is 31.3. The van der Waals surface area contributed by atoms with E-state index in [1.807, 2.05) is 27.7 Å². The molecule has 8 rings (SSSR count). The van der Waals surface area contributed by atoms with Gasteiger partial charge in [0.1, 0.15) is 5.78 Å². The Morgan fingerprint density at radius 1 is 0.544 bits per heavy atom. The van der Waals surface area contributed by atoms with E-state index < -0.39 is 48.7 Å². The Labute approximate surface area is 430 Å². The summed E-state index contributed by atoms with van der Waals surface area (Å²) in [5, 5.41) is 9.97. The van der Waals surface area contributed by atoms with Crippen molar-refractivity contribution >= 4 is 26.0 Å². The molecule has 12 heteroatoms. The van der Waals surface area contributed by atoms with Gasteiger partial charge >= 0.3 is 42.4 Å². The largest absolute Gasteiger partial charge is 0.748 e. The molecular formula is C56H76I2O8S2. The highest BCUT2D eigenvalue weighted by molar-refractivity contribution is 7.86. The van der Waals surface area contributed by atoms with Crippen molar-refractivity contribution in [3.8, 4) is 0 Å². The van der Waals surface area contributed by atoms with Crippen molar-refractivity contribution in [2.24, 2.45) is 33.5 Å². The van der Waals surface area contributed by atoms with Crippen molar-refractivity contribution in [3.05, 3.63) is 134 Å². The van der Waals surface area contributed by atoms with Gasteiger partial charge in [0.2, 0.25) is 0 Å². The molecule has 0 saturated heterocycles. The summed E-state index contributed by atoms with van der Waals surface area (Å²) < 4.78 is 71.4. The quantitative estimate of drug-likeness (QED) is 0.188. The second kappa shape index (κ2) is 21.1. The first kappa shape index (κ1) is 56.7. The molecule has 0 heterocycles. The summed E-state index contributed by atoms with van der Waals surface area (Å²) in [4.78, 5) is 11.8. The molecule has 4 bridgehead atoms. The molecule has 0 spiro atoms. The van der Waals surface area contributed by atoms with Crippen LogP contribution in [0.2, 0.25) is 0 Å². The normalized spacial score (nSPS) is 24.8. The molecule has 4 saturated carbocycles. The zero-order valence-corrected chi connectivity index (χ0v) is 48.5. The molecule has 0 aromatic heterocycles. The lowest BCUT2D eigenvalue weighted by Gasteiger charge is -2.41. The first-order chi connectivity index (χ1) is 31.1. The van der Waals surface area contributed by atoms with E-state index >= 15 is 0 Å². The smallest absolute Gasteiger partial charge is 0.357 e. The molecule has 4 aromatic carbocycles. The Kier molecular flexibility index (Phi) is 17.6. The monoisotopic (exact) mass is 1190 g/mol. The highest BCUT2D eigenvalue weighted by atomic mass is 127. The molecule has 0 radical (unpaired) electrons. The molecule has 1 N–H and O–H groups in total. The van der Waals surface area contributed by atoms with E-state index in [1.54, 1.807) is 0 Å². The Morgan fingerprint density at radius 3 is 1.19 bits per heavy atom. The van der Waals surface area contributed by atoms with Gasteiger partial charge in [-0.15, -0.1) is 0 Å². The maximum Gasteiger partial charge on any atom is 0.357 e. The van der Waals surface area contributed by atoms with Gasteiger partial charge in [-0.1, -0.05) is 145 Å². The Bertz CT molecular complexity index is 2500. The van der Waals surface area contributed by atoms with Crippen LogP contribution in [0.3, 0.4) is 0 Å². The van der Waals surface area contributed by atoms with E-state index in [0.29, 0.717) is 31.6 Å². The maximum absolute atomic E-state index is 11.8. The van der Waals surface area contributed by atoms with Crippen molar-refractivity contribution < 1.29 is 78.3 Å². The minimum atomic E-state index is -4.33. The van der Waals surface area contributed by atoms with Gasteiger partial charge in [-0.25, -0.2) is 16.8 Å². The van der Waals surface area contributed by atoms with Gasteiger partial charge in [0.05, 0.1) is 32.1 Å². The lowest BCUT2D eigenvalue weighted by molar-refractivity contribution is -0.597. The molecule has 4 fully saturated rings. The zero-order valence-electron chi connectivity index (χ0n) is 42.6. The molecule has 374 valence electrons. The lowest BCUT2D eigenvalue weighted by atomic mass is 9.70. The standard InChI is InChI=1S/C20H26I.C16H18I.C10H18O4S.C10H16O4S/c1-19(2,3)15-7-11-17(12-8-15)21-18-13-9-16(10-14-18)20(4,5)6;1-16(2,3)13-9-11-15(12-10-13)17-14-7-5-4-6-8-14;2*1-9(2)7-3-4-10(9,8(11)5-7)6-15(12,13)14/h7-14H,1-6H3;4-12H,1-3H3;7-8,11H,3-6H2,1-2H3,(H,12,13,14);7H,3-6H2,1-2H3,(H,12,13,14)/q2*+1;;/p-2. The minimum absolute atomic E-state index is 0.0208. The highest BCUT2D eigenvalue weighted by Crippen LogP contribution is 2.66. The third kappa shape index (κ3) is 13.6. The molecule has 0 aliphatic heterocycles. The van der Waals surface area contributed by atoms with Crippen LogP contribution in [0.25, 0.3) is 0 Å². The van der Waals surface area contributed by atoms with Gasteiger partial charge in [0, 0.05) is 23.0 Å². The molecule has 5 unspecified atom stereocenters. The van der Waals surface area contributed by atoms with Crippen molar-refractivity contribution in [3.63, 3.8) is 0 Å². The van der Waals surface area contributed by atoms with Crippen LogP contribution in [0.5, 0.6) is 0 Å². The van der Waals surface area contributed by atoms with Crippen LogP contribution < -0.4 is 42.4 Å². The molecule has 4 aromatic rings. The van der Waals surface area contributed by atoms with Crippen molar-refractivity contribution in [2.45, 2.75) is 151 Å². The Morgan fingerprint density at radius 2 is 0.912 bits per heavy atom. The third-order valence-electron chi connectivity index (χ3n) is 15.7.